The molecule has 54 heavy (non-hydrogen) atoms. The molecule has 4 amide bonds. The molecule has 0 aromatic heterocycles. The van der Waals surface area contributed by atoms with Crippen molar-refractivity contribution in [3.05, 3.63) is 53.6 Å². The third-order valence-corrected chi connectivity index (χ3v) is 12.5. The zero-order valence-electron chi connectivity index (χ0n) is 30.8. The van der Waals surface area contributed by atoms with E-state index >= 15 is 8.78 Å². The highest BCUT2D eigenvalue weighted by Gasteiger charge is 2.80. The van der Waals surface area contributed by atoms with Crippen LogP contribution in [0.2, 0.25) is 0 Å². The summed E-state index contributed by atoms with van der Waals surface area (Å²) in [7, 11) is 0. The Kier molecular flexibility index (Phi) is 11.1. The Balaban J connectivity index is 1.10. The minimum Gasteiger partial charge on any atom is -0.445 e. The molecular formula is C39H50F2N4O9. The summed E-state index contributed by atoms with van der Waals surface area (Å²) in [6.07, 6.45) is 0.366. The van der Waals surface area contributed by atoms with E-state index < -0.39 is 88.8 Å². The number of benzene rings is 1. The highest BCUT2D eigenvalue weighted by atomic mass is 19.1. The average molecular weight is 757 g/mol. The first-order valence-corrected chi connectivity index (χ1v) is 18.7. The average Bonchev–Trinajstić information content (AvgIpc) is 3.60. The number of aliphatic hydroxyl groups excluding tert-OH is 1. The van der Waals surface area contributed by atoms with Crippen LogP contribution < -0.4 is 21.7 Å². The van der Waals surface area contributed by atoms with Crippen molar-refractivity contribution >= 4 is 35.3 Å². The van der Waals surface area contributed by atoms with Crippen LogP contribution in [0, 0.1) is 22.7 Å². The molecule has 0 spiro atoms. The summed E-state index contributed by atoms with van der Waals surface area (Å²) in [5, 5.41) is 19.5. The highest BCUT2D eigenvalue weighted by molar-refractivity contribution is 6.01. The van der Waals surface area contributed by atoms with Crippen molar-refractivity contribution in [2.45, 2.75) is 115 Å². The third kappa shape index (κ3) is 6.72. The van der Waals surface area contributed by atoms with Gasteiger partial charge in [-0.15, -0.1) is 0 Å². The molecule has 10 atom stereocenters. The number of fused-ring (bicyclic) bond motifs is 7. The number of rotatable bonds is 13. The quantitative estimate of drug-likeness (QED) is 0.181. The lowest BCUT2D eigenvalue weighted by molar-refractivity contribution is -0.233. The molecule has 1 saturated heterocycles. The fourth-order valence-electron chi connectivity index (χ4n) is 9.90. The maximum absolute atomic E-state index is 17.7. The van der Waals surface area contributed by atoms with Crippen LogP contribution in [0.15, 0.2) is 48.1 Å². The molecule has 0 bridgehead atoms. The number of halogens is 2. The summed E-state index contributed by atoms with van der Waals surface area (Å²) in [5.41, 5.74) is -0.532. The molecule has 15 heteroatoms. The summed E-state index contributed by atoms with van der Waals surface area (Å²) in [5.74, 6) is -2.80. The number of urea groups is 1. The van der Waals surface area contributed by atoms with E-state index in [-0.39, 0.29) is 43.8 Å². The van der Waals surface area contributed by atoms with Gasteiger partial charge in [-0.2, -0.15) is 0 Å². The van der Waals surface area contributed by atoms with Crippen molar-refractivity contribution in [3.8, 4) is 0 Å². The number of alkyl carbamates (subject to hydrolysis) is 1. The van der Waals surface area contributed by atoms with Gasteiger partial charge in [-0.1, -0.05) is 38.5 Å². The number of carbonyl (C=O) groups is 5. The summed E-state index contributed by atoms with van der Waals surface area (Å²) < 4.78 is 51.8. The Hall–Kier alpha value is -4.21. The molecule has 3 saturated carbocycles. The number of alkyl halides is 2. The van der Waals surface area contributed by atoms with E-state index in [9.17, 15) is 29.1 Å². The second-order valence-electron chi connectivity index (χ2n) is 15.6. The van der Waals surface area contributed by atoms with E-state index in [4.69, 9.17) is 19.9 Å². The Morgan fingerprint density at radius 2 is 1.81 bits per heavy atom. The number of hydrogen-bond donors (Lipinski definition) is 5. The molecule has 1 aliphatic heterocycles. The lowest BCUT2D eigenvalue weighted by atomic mass is 9.44. The lowest BCUT2D eigenvalue weighted by Gasteiger charge is -2.63. The molecule has 1 unspecified atom stereocenters. The largest absolute Gasteiger partial charge is 0.445 e. The van der Waals surface area contributed by atoms with Gasteiger partial charge in [-0.05, 0) is 86.8 Å². The molecule has 5 aliphatic rings. The molecule has 1 aromatic rings. The van der Waals surface area contributed by atoms with Crippen LogP contribution in [0.3, 0.4) is 0 Å². The molecule has 6 rings (SSSR count). The Morgan fingerprint density at radius 3 is 2.52 bits per heavy atom. The number of ether oxygens (including phenoxy) is 3. The Labute approximate surface area is 312 Å². The van der Waals surface area contributed by atoms with Crippen molar-refractivity contribution in [2.24, 2.45) is 28.4 Å². The normalized spacial score (nSPS) is 36.2. The van der Waals surface area contributed by atoms with Gasteiger partial charge < -0.3 is 41.0 Å². The van der Waals surface area contributed by atoms with E-state index in [0.29, 0.717) is 43.5 Å². The molecule has 1 heterocycles. The van der Waals surface area contributed by atoms with Crippen LogP contribution in [0.25, 0.3) is 0 Å². The predicted molar refractivity (Wildman–Crippen MR) is 191 cm³/mol. The molecule has 4 fully saturated rings. The lowest BCUT2D eigenvalue weighted by Crippen LogP contribution is -2.71. The molecule has 13 nitrogen and oxygen atoms in total. The summed E-state index contributed by atoms with van der Waals surface area (Å²) in [6, 6.07) is 6.07. The Morgan fingerprint density at radius 1 is 1.07 bits per heavy atom. The fourth-order valence-corrected chi connectivity index (χ4v) is 9.90. The third-order valence-electron chi connectivity index (χ3n) is 12.5. The van der Waals surface area contributed by atoms with Crippen molar-refractivity contribution in [2.75, 3.05) is 18.4 Å². The molecule has 6 N–H and O–H groups in total. The standard InChI is InChI=1S/C39H50F2N4O9/c1-4-7-33-53-31-18-25-26-17-28(40)27-16-24(46)13-14-36(27,2)38(26,41)29(47)19-37(25,3)39(31,54-33)30(48)20-44-35(51)52-21-22-9-11-23(12-10-22)45-32(49)8-5-6-15-43-34(42)50/h9-14,16,25-26,28-29,31,33,47H,4-8,15,17-21H2,1-3H3,(H,44,51)(H,45,49)(H3,42,43,50)/t25?,26-,28-,29-,31+,33+,36-,37-,38-,39+/m0/s1. The van der Waals surface area contributed by atoms with Gasteiger partial charge in [0.1, 0.15) is 12.8 Å². The second-order valence-corrected chi connectivity index (χ2v) is 15.6. The highest BCUT2D eigenvalue weighted by Crippen LogP contribution is 2.72. The number of carbonyl (C=O) groups excluding carboxylic acids is 5. The first-order valence-electron chi connectivity index (χ1n) is 18.7. The number of anilines is 1. The number of nitrogens with one attached hydrogen (secondary N) is 3. The van der Waals surface area contributed by atoms with Gasteiger partial charge in [-0.3, -0.25) is 14.4 Å². The molecule has 1 aromatic carbocycles. The van der Waals surface area contributed by atoms with Crippen molar-refractivity contribution in [1.29, 1.82) is 0 Å². The van der Waals surface area contributed by atoms with Gasteiger partial charge in [0, 0.05) is 35.4 Å². The van der Waals surface area contributed by atoms with E-state index in [1.165, 1.54) is 19.1 Å². The van der Waals surface area contributed by atoms with Gasteiger partial charge in [0.25, 0.3) is 0 Å². The molecule has 294 valence electrons. The van der Waals surface area contributed by atoms with Crippen LogP contribution >= 0.6 is 0 Å². The number of Topliss-reactive ketones (excluding diaryl/α,β-unsaturated/α-hetero) is 1. The van der Waals surface area contributed by atoms with Crippen LogP contribution in [-0.2, 0) is 35.2 Å². The number of allylic oxidation sites excluding steroid dienone is 4. The molecule has 0 radical (unpaired) electrons. The van der Waals surface area contributed by atoms with Gasteiger partial charge in [0.15, 0.2) is 29.1 Å². The van der Waals surface area contributed by atoms with E-state index in [0.717, 1.165) is 6.08 Å². The summed E-state index contributed by atoms with van der Waals surface area (Å²) >= 11 is 0. The van der Waals surface area contributed by atoms with Crippen LogP contribution in [0.5, 0.6) is 0 Å². The predicted octanol–water partition coefficient (Wildman–Crippen LogP) is 4.47. The fraction of sp³-hybridized carbons (Fsp3) is 0.615. The molecular weight excluding hydrogens is 706 g/mol. The summed E-state index contributed by atoms with van der Waals surface area (Å²) in [6.45, 7) is 5.00. The van der Waals surface area contributed by atoms with E-state index in [2.05, 4.69) is 16.0 Å². The Bertz CT molecular complexity index is 1720. The number of ketones is 2. The van der Waals surface area contributed by atoms with Crippen molar-refractivity contribution in [1.82, 2.24) is 10.6 Å². The first-order chi connectivity index (χ1) is 25.6. The van der Waals surface area contributed by atoms with Gasteiger partial charge in [0.2, 0.25) is 5.91 Å². The van der Waals surface area contributed by atoms with Gasteiger partial charge >= 0.3 is 12.1 Å². The SMILES string of the molecule is CCC[C@@H]1O[C@@H]2CC3[C@@H]4C[C@H](F)C5=CC(=O)C=C[C@]5(C)[C@@]4(F)[C@@H](O)C[C@]3(C)[C@]2(C(=O)CNC(=O)OCc2ccc(NC(=O)CCCCNC(N)=O)cc2)O1. The monoisotopic (exact) mass is 756 g/mol. The minimum absolute atomic E-state index is 0.0148. The minimum atomic E-state index is -2.33. The number of unbranched alkanes of at least 4 members (excludes halogenated alkanes) is 1. The van der Waals surface area contributed by atoms with E-state index in [1.807, 2.05) is 6.92 Å². The number of amides is 4. The molecule has 4 aliphatic carbocycles. The maximum atomic E-state index is 17.7. The number of primary amides is 1. The summed E-state index contributed by atoms with van der Waals surface area (Å²) in [4.78, 5) is 62.4. The second kappa shape index (κ2) is 15.1. The number of hydrogen-bond acceptors (Lipinski definition) is 9. The topological polar surface area (TPSA) is 195 Å². The smallest absolute Gasteiger partial charge is 0.407 e. The first kappa shape index (κ1) is 39.5. The van der Waals surface area contributed by atoms with Crippen LogP contribution in [0.4, 0.5) is 24.1 Å². The van der Waals surface area contributed by atoms with Crippen molar-refractivity contribution in [3.63, 3.8) is 0 Å². The van der Waals surface area contributed by atoms with Crippen LogP contribution in [0.1, 0.15) is 77.7 Å². The zero-order valence-corrected chi connectivity index (χ0v) is 30.8. The van der Waals surface area contributed by atoms with Gasteiger partial charge in [0.05, 0.1) is 18.8 Å². The number of aliphatic hydroxyl groups is 1. The van der Waals surface area contributed by atoms with E-state index in [1.54, 1.807) is 31.2 Å². The zero-order chi connectivity index (χ0) is 39.1. The van der Waals surface area contributed by atoms with Crippen LogP contribution in [-0.4, -0.2) is 83.7 Å². The van der Waals surface area contributed by atoms with Crippen molar-refractivity contribution < 1.29 is 52.1 Å². The van der Waals surface area contributed by atoms with Gasteiger partial charge in [-0.25, -0.2) is 18.4 Å². The maximum Gasteiger partial charge on any atom is 0.407 e. The number of nitrogens with two attached hydrogens (primary N) is 1.